The Morgan fingerprint density at radius 3 is 2.61 bits per heavy atom. The van der Waals surface area contributed by atoms with Gasteiger partial charge >= 0.3 is 17.7 Å². The van der Waals surface area contributed by atoms with E-state index in [0.29, 0.717) is 23.5 Å². The van der Waals surface area contributed by atoms with Gasteiger partial charge in [-0.15, -0.1) is 0 Å². The van der Waals surface area contributed by atoms with Gasteiger partial charge in [-0.25, -0.2) is 15.0 Å². The molecule has 0 amide bonds. The van der Waals surface area contributed by atoms with E-state index in [2.05, 4.69) is 25.3 Å². The first-order chi connectivity index (χ1) is 15.6. The number of rotatable bonds is 5. The van der Waals surface area contributed by atoms with E-state index in [1.807, 2.05) is 12.1 Å². The normalized spacial score (nSPS) is 11.4. The average molecular weight is 477 g/mol. The number of nitrogens with one attached hydrogen (secondary N) is 1. The third-order valence-electron chi connectivity index (χ3n) is 4.41. The molecule has 0 fully saturated rings. The summed E-state index contributed by atoms with van der Waals surface area (Å²) in [5.74, 6) is -0.825. The molecule has 3 heterocycles. The zero-order valence-corrected chi connectivity index (χ0v) is 17.3. The van der Waals surface area contributed by atoms with Crippen molar-refractivity contribution in [2.45, 2.75) is 13.1 Å². The lowest BCUT2D eigenvalue weighted by Gasteiger charge is -2.12. The van der Waals surface area contributed by atoms with Crippen LogP contribution in [0.5, 0.6) is 11.6 Å². The molecule has 0 aliphatic heterocycles. The van der Waals surface area contributed by atoms with Crippen molar-refractivity contribution in [2.24, 2.45) is 0 Å². The molecule has 0 saturated heterocycles. The SMILES string of the molecule is Cc1ccc2cccc(Oc3ncnc(Nc4ncc(C(F)(F)F)cc4Cl)c3[N+](=O)[O-])c2n1. The first-order valence-electron chi connectivity index (χ1n) is 9.17. The number of aryl methyl sites for hydroxylation is 1. The largest absolute Gasteiger partial charge is 0.431 e. The maximum atomic E-state index is 12.8. The van der Waals surface area contributed by atoms with Crippen molar-refractivity contribution in [2.75, 3.05) is 5.32 Å². The number of pyridine rings is 2. The van der Waals surface area contributed by atoms with Crippen LogP contribution in [0.1, 0.15) is 11.3 Å². The number of para-hydroxylation sites is 1. The second-order valence-corrected chi connectivity index (χ2v) is 7.10. The van der Waals surface area contributed by atoms with Crippen LogP contribution in [0.4, 0.5) is 30.5 Å². The van der Waals surface area contributed by atoms with Gasteiger partial charge in [-0.05, 0) is 25.1 Å². The van der Waals surface area contributed by atoms with Crippen LogP contribution >= 0.6 is 11.6 Å². The van der Waals surface area contributed by atoms with E-state index >= 15 is 0 Å². The van der Waals surface area contributed by atoms with E-state index in [9.17, 15) is 23.3 Å². The smallest absolute Gasteiger partial charge is 0.417 e. The quantitative estimate of drug-likeness (QED) is 0.282. The van der Waals surface area contributed by atoms with E-state index in [-0.39, 0.29) is 17.4 Å². The number of anilines is 2. The lowest BCUT2D eigenvalue weighted by atomic mass is 10.2. The molecule has 0 spiro atoms. The summed E-state index contributed by atoms with van der Waals surface area (Å²) in [6, 6.07) is 9.33. The van der Waals surface area contributed by atoms with Crippen molar-refractivity contribution in [3.05, 3.63) is 75.3 Å². The summed E-state index contributed by atoms with van der Waals surface area (Å²) in [6.07, 6.45) is -3.11. The van der Waals surface area contributed by atoms with Crippen LogP contribution in [0.15, 0.2) is 48.9 Å². The molecule has 0 unspecified atom stereocenters. The fourth-order valence-electron chi connectivity index (χ4n) is 2.89. The predicted octanol–water partition coefficient (Wildman–Crippen LogP) is 5.84. The van der Waals surface area contributed by atoms with Crippen LogP contribution < -0.4 is 10.1 Å². The van der Waals surface area contributed by atoms with E-state index < -0.39 is 33.3 Å². The van der Waals surface area contributed by atoms with Crippen molar-refractivity contribution in [3.63, 3.8) is 0 Å². The van der Waals surface area contributed by atoms with Gasteiger partial charge < -0.3 is 10.1 Å². The van der Waals surface area contributed by atoms with Gasteiger partial charge in [0.05, 0.1) is 15.5 Å². The lowest BCUT2D eigenvalue weighted by Crippen LogP contribution is -2.08. The Labute approximate surface area is 188 Å². The number of hydrogen-bond acceptors (Lipinski definition) is 8. The van der Waals surface area contributed by atoms with Crippen molar-refractivity contribution >= 4 is 39.8 Å². The lowest BCUT2D eigenvalue weighted by molar-refractivity contribution is -0.385. The summed E-state index contributed by atoms with van der Waals surface area (Å²) in [5, 5.41) is 14.6. The van der Waals surface area contributed by atoms with Crippen LogP contribution in [0, 0.1) is 17.0 Å². The van der Waals surface area contributed by atoms with E-state index in [1.165, 1.54) is 0 Å². The van der Waals surface area contributed by atoms with E-state index in [1.54, 1.807) is 25.1 Å². The Hall–Kier alpha value is -4.06. The standard InChI is InChI=1S/C20H12ClF3N6O3/c1-10-5-6-11-3-2-4-14(15(11)28-10)33-19-16(30(31)32)18(26-9-27-19)29-17-13(21)7-12(8-25-17)20(22,23)24/h2-9H,1H3,(H,25,26,27,29). The maximum Gasteiger partial charge on any atom is 0.417 e. The van der Waals surface area contributed by atoms with Gasteiger partial charge in [-0.1, -0.05) is 29.8 Å². The van der Waals surface area contributed by atoms with Crippen molar-refractivity contribution < 1.29 is 22.8 Å². The van der Waals surface area contributed by atoms with Gasteiger partial charge in [-0.3, -0.25) is 10.1 Å². The molecule has 0 bridgehead atoms. The molecule has 168 valence electrons. The Balaban J connectivity index is 1.74. The van der Waals surface area contributed by atoms with Crippen LogP contribution in [-0.2, 0) is 6.18 Å². The van der Waals surface area contributed by atoms with Gasteiger partial charge in [0.2, 0.25) is 5.82 Å². The number of alkyl halides is 3. The monoisotopic (exact) mass is 476 g/mol. The highest BCUT2D eigenvalue weighted by molar-refractivity contribution is 6.33. The zero-order valence-electron chi connectivity index (χ0n) is 16.6. The molecule has 33 heavy (non-hydrogen) atoms. The third kappa shape index (κ3) is 4.60. The number of hydrogen-bond donors (Lipinski definition) is 1. The van der Waals surface area contributed by atoms with E-state index in [0.717, 1.165) is 11.7 Å². The number of ether oxygens (including phenoxy) is 1. The molecule has 3 aromatic heterocycles. The minimum absolute atomic E-state index is 0.217. The maximum absolute atomic E-state index is 12.8. The van der Waals surface area contributed by atoms with Crippen LogP contribution in [-0.4, -0.2) is 24.9 Å². The predicted molar refractivity (Wildman–Crippen MR) is 113 cm³/mol. The molecule has 0 atom stereocenters. The van der Waals surface area contributed by atoms with Gasteiger partial charge in [0, 0.05) is 17.3 Å². The molecule has 4 rings (SSSR count). The Bertz CT molecular complexity index is 1380. The molecule has 4 aromatic rings. The number of aromatic nitrogens is 4. The number of fused-ring (bicyclic) bond motifs is 1. The summed E-state index contributed by atoms with van der Waals surface area (Å²) in [7, 11) is 0. The highest BCUT2D eigenvalue weighted by Gasteiger charge is 2.32. The average Bonchev–Trinajstić information content (AvgIpc) is 2.75. The summed E-state index contributed by atoms with van der Waals surface area (Å²) in [6.45, 7) is 1.78. The molecule has 13 heteroatoms. The van der Waals surface area contributed by atoms with Gasteiger partial charge in [-0.2, -0.15) is 18.2 Å². The Morgan fingerprint density at radius 2 is 1.91 bits per heavy atom. The minimum atomic E-state index is -4.65. The molecular weight excluding hydrogens is 465 g/mol. The molecule has 0 aliphatic carbocycles. The second-order valence-electron chi connectivity index (χ2n) is 6.69. The fourth-order valence-corrected chi connectivity index (χ4v) is 3.11. The minimum Gasteiger partial charge on any atom is -0.431 e. The number of halogens is 4. The highest BCUT2D eigenvalue weighted by atomic mass is 35.5. The second kappa shape index (κ2) is 8.47. The fraction of sp³-hybridized carbons (Fsp3) is 0.100. The van der Waals surface area contributed by atoms with Gasteiger partial charge in [0.25, 0.3) is 0 Å². The summed E-state index contributed by atoms with van der Waals surface area (Å²) in [5.41, 5.74) is -0.564. The number of nitro groups is 1. The van der Waals surface area contributed by atoms with E-state index in [4.69, 9.17) is 16.3 Å². The summed E-state index contributed by atoms with van der Waals surface area (Å²) < 4.78 is 44.2. The first-order valence-corrected chi connectivity index (χ1v) is 9.54. The van der Waals surface area contributed by atoms with Crippen LogP contribution in [0.2, 0.25) is 5.02 Å². The molecule has 1 N–H and O–H groups in total. The van der Waals surface area contributed by atoms with Crippen molar-refractivity contribution in [1.29, 1.82) is 0 Å². The first kappa shape index (κ1) is 22.1. The summed E-state index contributed by atoms with van der Waals surface area (Å²) in [4.78, 5) is 26.7. The van der Waals surface area contributed by atoms with Crippen LogP contribution in [0.3, 0.4) is 0 Å². The molecular formula is C20H12ClF3N6O3. The molecule has 9 nitrogen and oxygen atoms in total. The molecule has 0 aliphatic rings. The molecule has 1 aromatic carbocycles. The van der Waals surface area contributed by atoms with Crippen molar-refractivity contribution in [1.82, 2.24) is 19.9 Å². The van der Waals surface area contributed by atoms with Crippen molar-refractivity contribution in [3.8, 4) is 11.6 Å². The van der Waals surface area contributed by atoms with Gasteiger partial charge in [0.1, 0.15) is 11.8 Å². The zero-order chi connectivity index (χ0) is 23.8. The van der Waals surface area contributed by atoms with Gasteiger partial charge in [0.15, 0.2) is 11.6 Å². The molecule has 0 radical (unpaired) electrons. The Kier molecular flexibility index (Phi) is 5.68. The highest BCUT2D eigenvalue weighted by Crippen LogP contribution is 2.38. The number of benzene rings is 1. The topological polar surface area (TPSA) is 116 Å². The van der Waals surface area contributed by atoms with Crippen LogP contribution in [0.25, 0.3) is 10.9 Å². The number of nitrogens with zero attached hydrogens (tertiary/aromatic N) is 5. The Morgan fingerprint density at radius 1 is 1.12 bits per heavy atom. The molecule has 0 saturated carbocycles. The third-order valence-corrected chi connectivity index (χ3v) is 4.69. The summed E-state index contributed by atoms with van der Waals surface area (Å²) >= 11 is 5.89.